The van der Waals surface area contributed by atoms with Crippen molar-refractivity contribution in [2.45, 2.75) is 38.8 Å². The van der Waals surface area contributed by atoms with Crippen LogP contribution in [0.4, 0.5) is 18.9 Å². The Hall–Kier alpha value is -1.76. The van der Waals surface area contributed by atoms with Crippen LogP contribution < -0.4 is 16.6 Å². The monoisotopic (exact) mass is 303 g/mol. The van der Waals surface area contributed by atoms with E-state index in [1.54, 1.807) is 0 Å². The summed E-state index contributed by atoms with van der Waals surface area (Å²) in [5.41, 5.74) is 1.41. The van der Waals surface area contributed by atoms with Gasteiger partial charge in [0.2, 0.25) is 0 Å². The molecule has 0 atom stereocenters. The summed E-state index contributed by atoms with van der Waals surface area (Å²) in [5.74, 6) is 4.67. The van der Waals surface area contributed by atoms with Crippen LogP contribution in [0.3, 0.4) is 0 Å². The summed E-state index contributed by atoms with van der Waals surface area (Å²) >= 11 is 0. The third kappa shape index (κ3) is 5.26. The Labute approximate surface area is 121 Å². The highest BCUT2D eigenvalue weighted by molar-refractivity contribution is 5.99. The summed E-state index contributed by atoms with van der Waals surface area (Å²) in [4.78, 5) is 12.0. The van der Waals surface area contributed by atoms with E-state index in [2.05, 4.69) is 17.7 Å². The van der Waals surface area contributed by atoms with Crippen LogP contribution in [0, 0.1) is 0 Å². The van der Waals surface area contributed by atoms with E-state index < -0.39 is 17.6 Å². The number of alkyl halides is 3. The number of hydrogen-bond acceptors (Lipinski definition) is 3. The summed E-state index contributed by atoms with van der Waals surface area (Å²) in [5, 5.41) is 2.61. The number of nitrogen functional groups attached to an aromatic ring is 1. The number of anilines is 1. The predicted octanol–water partition coefficient (Wildman–Crippen LogP) is 3.30. The molecule has 0 aliphatic carbocycles. The number of carbonyl (C=O) groups excluding carboxylic acids is 1. The van der Waals surface area contributed by atoms with Crippen molar-refractivity contribution in [1.82, 2.24) is 5.32 Å². The van der Waals surface area contributed by atoms with E-state index in [4.69, 9.17) is 5.84 Å². The molecule has 1 amide bonds. The highest BCUT2D eigenvalue weighted by atomic mass is 19.4. The number of rotatable bonds is 7. The lowest BCUT2D eigenvalue weighted by Gasteiger charge is -2.13. The van der Waals surface area contributed by atoms with E-state index in [9.17, 15) is 18.0 Å². The average Bonchev–Trinajstić information content (AvgIpc) is 2.45. The Morgan fingerprint density at radius 1 is 1.24 bits per heavy atom. The summed E-state index contributed by atoms with van der Waals surface area (Å²) in [7, 11) is 0. The number of amides is 1. The molecule has 0 aromatic heterocycles. The van der Waals surface area contributed by atoms with Crippen molar-refractivity contribution in [3.05, 3.63) is 29.3 Å². The Balaban J connectivity index is 2.77. The smallest absolute Gasteiger partial charge is 0.352 e. The number of carbonyl (C=O) groups is 1. The lowest BCUT2D eigenvalue weighted by molar-refractivity contribution is -0.137. The highest BCUT2D eigenvalue weighted by Crippen LogP contribution is 2.31. The lowest BCUT2D eigenvalue weighted by Crippen LogP contribution is -2.26. The molecule has 4 N–H and O–H groups in total. The Morgan fingerprint density at radius 2 is 1.95 bits per heavy atom. The molecule has 118 valence electrons. The van der Waals surface area contributed by atoms with Crippen molar-refractivity contribution in [2.24, 2.45) is 5.84 Å². The number of hydrogen-bond donors (Lipinski definition) is 3. The zero-order chi connectivity index (χ0) is 15.9. The quantitative estimate of drug-likeness (QED) is 0.411. The minimum Gasteiger partial charge on any atom is -0.352 e. The summed E-state index contributed by atoms with van der Waals surface area (Å²) in [6.45, 7) is 2.50. The van der Waals surface area contributed by atoms with Gasteiger partial charge in [0.25, 0.3) is 5.91 Å². The number of benzene rings is 1. The standard InChI is InChI=1S/C14H20F3N3O/c1-2-3-4-5-8-19-13(21)11-9-10(14(15,16)17)6-7-12(11)20-18/h6-7,9,20H,2-5,8,18H2,1H3,(H,19,21). The summed E-state index contributed by atoms with van der Waals surface area (Å²) < 4.78 is 38.0. The molecule has 0 fully saturated rings. The predicted molar refractivity (Wildman–Crippen MR) is 75.7 cm³/mol. The number of hydrazine groups is 1. The molecule has 0 heterocycles. The zero-order valence-electron chi connectivity index (χ0n) is 11.9. The minimum absolute atomic E-state index is 0.109. The van der Waals surface area contributed by atoms with Gasteiger partial charge in [-0.2, -0.15) is 13.2 Å². The first-order valence-corrected chi connectivity index (χ1v) is 6.86. The van der Waals surface area contributed by atoms with Gasteiger partial charge in [-0.1, -0.05) is 26.2 Å². The van der Waals surface area contributed by atoms with Gasteiger partial charge in [0.1, 0.15) is 0 Å². The molecule has 0 saturated heterocycles. The van der Waals surface area contributed by atoms with Gasteiger partial charge in [-0.05, 0) is 24.6 Å². The fourth-order valence-electron chi connectivity index (χ4n) is 1.88. The molecule has 21 heavy (non-hydrogen) atoms. The van der Waals surface area contributed by atoms with E-state index in [0.717, 1.165) is 43.9 Å². The number of halogens is 3. The minimum atomic E-state index is -4.50. The van der Waals surface area contributed by atoms with Gasteiger partial charge in [-0.3, -0.25) is 10.6 Å². The first-order chi connectivity index (χ1) is 9.90. The van der Waals surface area contributed by atoms with Crippen LogP contribution in [0.5, 0.6) is 0 Å². The van der Waals surface area contributed by atoms with Crippen LogP contribution in [0.25, 0.3) is 0 Å². The van der Waals surface area contributed by atoms with Gasteiger partial charge < -0.3 is 10.7 Å². The molecular weight excluding hydrogens is 283 g/mol. The van der Waals surface area contributed by atoms with Crippen molar-refractivity contribution in [2.75, 3.05) is 12.0 Å². The molecular formula is C14H20F3N3O. The lowest BCUT2D eigenvalue weighted by atomic mass is 10.1. The zero-order valence-corrected chi connectivity index (χ0v) is 11.9. The Kier molecular flexibility index (Phi) is 6.48. The molecule has 1 aromatic rings. The van der Waals surface area contributed by atoms with Crippen LogP contribution in [0.2, 0.25) is 0 Å². The molecule has 0 radical (unpaired) electrons. The molecule has 0 aliphatic heterocycles. The summed E-state index contributed by atoms with van der Waals surface area (Å²) in [6.07, 6.45) is -0.591. The topological polar surface area (TPSA) is 67.2 Å². The molecule has 0 spiro atoms. The molecule has 0 bridgehead atoms. The highest BCUT2D eigenvalue weighted by Gasteiger charge is 2.31. The number of nitrogens with two attached hydrogens (primary N) is 1. The van der Waals surface area contributed by atoms with Crippen molar-refractivity contribution < 1.29 is 18.0 Å². The largest absolute Gasteiger partial charge is 0.416 e. The van der Waals surface area contributed by atoms with Crippen molar-refractivity contribution >= 4 is 11.6 Å². The maximum absolute atomic E-state index is 12.7. The van der Waals surface area contributed by atoms with E-state index in [1.807, 2.05) is 0 Å². The van der Waals surface area contributed by atoms with Crippen LogP contribution in [0.1, 0.15) is 48.5 Å². The van der Waals surface area contributed by atoms with Gasteiger partial charge in [0.15, 0.2) is 0 Å². The van der Waals surface area contributed by atoms with Gasteiger partial charge >= 0.3 is 6.18 Å². The third-order valence-electron chi connectivity index (χ3n) is 3.06. The Bertz CT molecular complexity index is 475. The van der Waals surface area contributed by atoms with E-state index in [-0.39, 0.29) is 11.3 Å². The fraction of sp³-hybridized carbons (Fsp3) is 0.500. The second-order valence-electron chi connectivity index (χ2n) is 4.72. The van der Waals surface area contributed by atoms with Gasteiger partial charge in [-0.25, -0.2) is 0 Å². The molecule has 1 rings (SSSR count). The number of nitrogens with one attached hydrogen (secondary N) is 2. The molecule has 0 unspecified atom stereocenters. The average molecular weight is 303 g/mol. The summed E-state index contributed by atoms with van der Waals surface area (Å²) in [6, 6.07) is 2.83. The Morgan fingerprint density at radius 3 is 2.52 bits per heavy atom. The SMILES string of the molecule is CCCCCCNC(=O)c1cc(C(F)(F)F)ccc1NN. The van der Waals surface area contributed by atoms with E-state index >= 15 is 0 Å². The maximum atomic E-state index is 12.7. The van der Waals surface area contributed by atoms with Crippen LogP contribution in [-0.2, 0) is 6.18 Å². The maximum Gasteiger partial charge on any atom is 0.416 e. The van der Waals surface area contributed by atoms with E-state index in [0.29, 0.717) is 6.54 Å². The van der Waals surface area contributed by atoms with Crippen molar-refractivity contribution in [3.63, 3.8) is 0 Å². The fourth-order valence-corrected chi connectivity index (χ4v) is 1.88. The first-order valence-electron chi connectivity index (χ1n) is 6.86. The van der Waals surface area contributed by atoms with Crippen LogP contribution >= 0.6 is 0 Å². The second-order valence-corrected chi connectivity index (χ2v) is 4.72. The molecule has 4 nitrogen and oxygen atoms in total. The molecule has 0 saturated carbocycles. The van der Waals surface area contributed by atoms with E-state index in [1.165, 1.54) is 0 Å². The van der Waals surface area contributed by atoms with Crippen molar-refractivity contribution in [1.29, 1.82) is 0 Å². The van der Waals surface area contributed by atoms with Gasteiger partial charge in [0, 0.05) is 6.54 Å². The van der Waals surface area contributed by atoms with Crippen LogP contribution in [-0.4, -0.2) is 12.5 Å². The third-order valence-corrected chi connectivity index (χ3v) is 3.06. The molecule has 1 aromatic carbocycles. The van der Waals surface area contributed by atoms with Crippen molar-refractivity contribution in [3.8, 4) is 0 Å². The number of unbranched alkanes of at least 4 members (excludes halogenated alkanes) is 3. The normalized spacial score (nSPS) is 11.3. The second kappa shape index (κ2) is 7.87. The van der Waals surface area contributed by atoms with Gasteiger partial charge in [0.05, 0.1) is 16.8 Å². The first kappa shape index (κ1) is 17.3. The van der Waals surface area contributed by atoms with Gasteiger partial charge in [-0.15, -0.1) is 0 Å². The molecule has 7 heteroatoms. The molecule has 0 aliphatic rings. The van der Waals surface area contributed by atoms with Crippen LogP contribution in [0.15, 0.2) is 18.2 Å².